The second-order valence-corrected chi connectivity index (χ2v) is 9.29. The number of fused-ring (bicyclic) bond motifs is 1. The van der Waals surface area contributed by atoms with Gasteiger partial charge in [-0.25, -0.2) is 8.78 Å². The minimum atomic E-state index is -0.925. The van der Waals surface area contributed by atoms with Gasteiger partial charge in [0.25, 0.3) is 5.91 Å². The molecule has 1 amide bonds. The Morgan fingerprint density at radius 3 is 2.68 bits per heavy atom. The Labute approximate surface area is 195 Å². The highest BCUT2D eigenvalue weighted by molar-refractivity contribution is 6.00. The number of halogens is 2. The van der Waals surface area contributed by atoms with E-state index in [1.807, 2.05) is 20.8 Å². The van der Waals surface area contributed by atoms with Crippen molar-refractivity contribution in [1.82, 2.24) is 9.47 Å². The molecule has 4 rings (SSSR count). The van der Waals surface area contributed by atoms with Crippen LogP contribution in [-0.4, -0.2) is 51.1 Å². The molecule has 182 valence electrons. The van der Waals surface area contributed by atoms with Gasteiger partial charge in [0.1, 0.15) is 11.6 Å². The standard InChI is InChI=1S/C25H28F2N2O5/c1-4-34-12-16-10-25(16)13-28-11-18(20(30)8-6-15-5-7-17(26)9-19(15)27)22(31)23(32)21(28)24(33)29(25)14(2)3/h5,7,9,11,14,16,32H,4,6,8,10,12-13H2,1-3H3. The van der Waals surface area contributed by atoms with Gasteiger partial charge in [0.05, 0.1) is 17.7 Å². The Hall–Kier alpha value is -3.07. The van der Waals surface area contributed by atoms with Crippen LogP contribution in [0.2, 0.25) is 0 Å². The van der Waals surface area contributed by atoms with E-state index in [0.29, 0.717) is 19.8 Å². The van der Waals surface area contributed by atoms with E-state index in [1.54, 1.807) is 4.90 Å². The molecule has 2 aliphatic rings. The number of amides is 1. The van der Waals surface area contributed by atoms with E-state index in [4.69, 9.17) is 4.74 Å². The van der Waals surface area contributed by atoms with Gasteiger partial charge >= 0.3 is 0 Å². The van der Waals surface area contributed by atoms with E-state index >= 15 is 0 Å². The van der Waals surface area contributed by atoms with Crippen LogP contribution in [0.1, 0.15) is 60.0 Å². The number of carbonyl (C=O) groups is 2. The Balaban J connectivity index is 1.65. The van der Waals surface area contributed by atoms with Crippen molar-refractivity contribution in [2.75, 3.05) is 13.2 Å². The summed E-state index contributed by atoms with van der Waals surface area (Å²) in [7, 11) is 0. The van der Waals surface area contributed by atoms with Crippen LogP contribution in [0.25, 0.3) is 0 Å². The maximum Gasteiger partial charge on any atom is 0.275 e. The van der Waals surface area contributed by atoms with Crippen molar-refractivity contribution in [3.05, 3.63) is 63.1 Å². The van der Waals surface area contributed by atoms with Crippen LogP contribution in [0.4, 0.5) is 8.78 Å². The summed E-state index contributed by atoms with van der Waals surface area (Å²) >= 11 is 0. The van der Waals surface area contributed by atoms with Crippen LogP contribution >= 0.6 is 0 Å². The molecule has 34 heavy (non-hydrogen) atoms. The Kier molecular flexibility index (Phi) is 6.33. The van der Waals surface area contributed by atoms with Gasteiger partial charge in [0, 0.05) is 43.8 Å². The van der Waals surface area contributed by atoms with Crippen molar-refractivity contribution in [1.29, 1.82) is 0 Å². The number of ketones is 1. The molecule has 2 aromatic rings. The first kappa shape index (κ1) is 24.1. The molecule has 0 bridgehead atoms. The molecule has 2 unspecified atom stereocenters. The minimum absolute atomic E-state index is 0.0344. The van der Waals surface area contributed by atoms with Crippen LogP contribution in [0.3, 0.4) is 0 Å². The van der Waals surface area contributed by atoms with E-state index in [2.05, 4.69) is 0 Å². The lowest BCUT2D eigenvalue weighted by atomic mass is 9.99. The second kappa shape index (κ2) is 8.94. The second-order valence-electron chi connectivity index (χ2n) is 9.29. The molecule has 1 aromatic carbocycles. The molecule has 1 saturated carbocycles. The lowest BCUT2D eigenvalue weighted by Crippen LogP contribution is -2.55. The predicted octanol–water partition coefficient (Wildman–Crippen LogP) is 3.31. The lowest BCUT2D eigenvalue weighted by Gasteiger charge is -2.42. The van der Waals surface area contributed by atoms with Crippen LogP contribution in [-0.2, 0) is 17.7 Å². The quantitative estimate of drug-likeness (QED) is 0.593. The number of pyridine rings is 1. The van der Waals surface area contributed by atoms with Crippen LogP contribution in [0.5, 0.6) is 5.75 Å². The molecule has 1 aliphatic heterocycles. The molecule has 1 aliphatic carbocycles. The summed E-state index contributed by atoms with van der Waals surface area (Å²) < 4.78 is 34.1. The zero-order valence-corrected chi connectivity index (χ0v) is 19.4. The molecule has 2 heterocycles. The van der Waals surface area contributed by atoms with Gasteiger partial charge in [0.15, 0.2) is 17.2 Å². The highest BCUT2D eigenvalue weighted by Crippen LogP contribution is 2.53. The number of aromatic hydroxyl groups is 1. The number of Topliss-reactive ketones (excluding diaryl/α,β-unsaturated/α-hetero) is 1. The molecule has 1 aromatic heterocycles. The number of aromatic nitrogens is 1. The summed E-state index contributed by atoms with van der Waals surface area (Å²) in [6, 6.07) is 2.93. The van der Waals surface area contributed by atoms with E-state index in [1.165, 1.54) is 16.8 Å². The number of hydrogen-bond acceptors (Lipinski definition) is 5. The van der Waals surface area contributed by atoms with Gasteiger partial charge < -0.3 is 19.3 Å². The summed E-state index contributed by atoms with van der Waals surface area (Å²) in [5.41, 5.74) is -1.67. The number of nitrogens with zero attached hydrogens (tertiary/aromatic N) is 2. The Morgan fingerprint density at radius 2 is 2.03 bits per heavy atom. The molecule has 9 heteroatoms. The van der Waals surface area contributed by atoms with Crippen LogP contribution < -0.4 is 5.43 Å². The number of benzene rings is 1. The normalized spacial score (nSPS) is 21.3. The number of aryl methyl sites for hydroxylation is 1. The van der Waals surface area contributed by atoms with E-state index in [-0.39, 0.29) is 41.6 Å². The topological polar surface area (TPSA) is 88.8 Å². The number of ether oxygens (including phenoxy) is 1. The van der Waals surface area contributed by atoms with Gasteiger partial charge in [-0.05, 0) is 45.2 Å². The Bertz CT molecular complexity index is 1210. The monoisotopic (exact) mass is 474 g/mol. The first-order valence-electron chi connectivity index (χ1n) is 11.5. The maximum atomic E-state index is 13.9. The average molecular weight is 475 g/mol. The molecule has 0 saturated heterocycles. The summed E-state index contributed by atoms with van der Waals surface area (Å²) in [5.74, 6) is -3.19. The minimum Gasteiger partial charge on any atom is -0.503 e. The number of hydrogen-bond donors (Lipinski definition) is 1. The number of carbonyl (C=O) groups excluding carboxylic acids is 2. The van der Waals surface area contributed by atoms with Crippen molar-refractivity contribution in [3.8, 4) is 5.75 Å². The fourth-order valence-corrected chi connectivity index (χ4v) is 5.07. The van der Waals surface area contributed by atoms with Gasteiger partial charge in [-0.1, -0.05) is 6.07 Å². The van der Waals surface area contributed by atoms with Crippen molar-refractivity contribution in [3.63, 3.8) is 0 Å². The fraction of sp³-hybridized carbons (Fsp3) is 0.480. The Morgan fingerprint density at radius 1 is 1.29 bits per heavy atom. The highest BCUT2D eigenvalue weighted by atomic mass is 19.1. The van der Waals surface area contributed by atoms with Crippen molar-refractivity contribution < 1.29 is 28.2 Å². The van der Waals surface area contributed by atoms with Gasteiger partial charge in [-0.15, -0.1) is 0 Å². The van der Waals surface area contributed by atoms with Gasteiger partial charge in [-0.2, -0.15) is 0 Å². The van der Waals surface area contributed by atoms with Gasteiger partial charge in [0.2, 0.25) is 5.43 Å². The molecule has 1 fully saturated rings. The smallest absolute Gasteiger partial charge is 0.275 e. The highest BCUT2D eigenvalue weighted by Gasteiger charge is 2.63. The fourth-order valence-electron chi connectivity index (χ4n) is 5.07. The summed E-state index contributed by atoms with van der Waals surface area (Å²) in [6.45, 7) is 7.03. The lowest BCUT2D eigenvalue weighted by molar-refractivity contribution is 0.0356. The van der Waals surface area contributed by atoms with E-state index in [0.717, 1.165) is 18.6 Å². The maximum absolute atomic E-state index is 13.9. The molecule has 2 atom stereocenters. The summed E-state index contributed by atoms with van der Waals surface area (Å²) in [6.07, 6.45) is 1.80. The van der Waals surface area contributed by atoms with Crippen LogP contribution in [0.15, 0.2) is 29.2 Å². The summed E-state index contributed by atoms with van der Waals surface area (Å²) in [5, 5.41) is 10.6. The largest absolute Gasteiger partial charge is 0.503 e. The first-order valence-corrected chi connectivity index (χ1v) is 11.5. The van der Waals surface area contributed by atoms with Crippen molar-refractivity contribution in [2.24, 2.45) is 5.92 Å². The zero-order chi connectivity index (χ0) is 24.8. The third kappa shape index (κ3) is 4.02. The molecule has 0 radical (unpaired) electrons. The number of rotatable bonds is 8. The van der Waals surface area contributed by atoms with E-state index in [9.17, 15) is 28.3 Å². The van der Waals surface area contributed by atoms with Crippen molar-refractivity contribution >= 4 is 11.7 Å². The van der Waals surface area contributed by atoms with Crippen molar-refractivity contribution in [2.45, 2.75) is 58.2 Å². The SMILES string of the molecule is CCOCC1CC12Cn1cc(C(=O)CCc3ccc(F)cc3F)c(=O)c(O)c1C(=O)N2C(C)C. The predicted molar refractivity (Wildman–Crippen MR) is 120 cm³/mol. The first-order chi connectivity index (χ1) is 16.1. The third-order valence-electron chi connectivity index (χ3n) is 6.78. The average Bonchev–Trinajstić information content (AvgIpc) is 3.44. The molecule has 7 nitrogen and oxygen atoms in total. The van der Waals surface area contributed by atoms with Gasteiger partial charge in [-0.3, -0.25) is 14.4 Å². The third-order valence-corrected chi connectivity index (χ3v) is 6.78. The molecular formula is C25H28F2N2O5. The zero-order valence-electron chi connectivity index (χ0n) is 19.4. The summed E-state index contributed by atoms with van der Waals surface area (Å²) in [4.78, 5) is 40.8. The molecule has 1 N–H and O–H groups in total. The molecule has 1 spiro atoms. The van der Waals surface area contributed by atoms with E-state index < -0.39 is 40.0 Å². The van der Waals surface area contributed by atoms with Crippen LogP contribution in [0, 0.1) is 17.6 Å². The molecular weight excluding hydrogens is 446 g/mol.